The topological polar surface area (TPSA) is 91.2 Å². The first-order valence-corrected chi connectivity index (χ1v) is 7.38. The van der Waals surface area contributed by atoms with Crippen LogP contribution < -0.4 is 15.4 Å². The lowest BCUT2D eigenvalue weighted by atomic mass is 10.2. The first-order valence-electron chi connectivity index (χ1n) is 7.38. The van der Waals surface area contributed by atoms with E-state index in [-0.39, 0.29) is 6.10 Å². The highest BCUT2D eigenvalue weighted by molar-refractivity contribution is 6.43. The van der Waals surface area contributed by atoms with Crippen molar-refractivity contribution in [2.45, 2.75) is 20.0 Å². The molecule has 0 atom stereocenters. The maximum Gasteiger partial charge on any atom is 0.314 e. The van der Waals surface area contributed by atoms with Crippen LogP contribution in [0, 0.1) is 11.3 Å². The molecule has 6 heteroatoms. The molecule has 0 saturated heterocycles. The molecule has 0 aliphatic rings. The molecule has 0 heterocycles. The van der Waals surface area contributed by atoms with Gasteiger partial charge in [0.15, 0.2) is 0 Å². The van der Waals surface area contributed by atoms with Crippen LogP contribution >= 0.6 is 0 Å². The number of benzene rings is 2. The Balaban J connectivity index is 2.04. The Morgan fingerprint density at radius 2 is 1.62 bits per heavy atom. The van der Waals surface area contributed by atoms with Crippen molar-refractivity contribution in [1.29, 1.82) is 5.26 Å². The molecule has 2 N–H and O–H groups in total. The molecule has 0 bridgehead atoms. The Hall–Kier alpha value is -3.33. The van der Waals surface area contributed by atoms with Crippen LogP contribution in [-0.2, 0) is 9.59 Å². The molecule has 2 rings (SSSR count). The quantitative estimate of drug-likeness (QED) is 0.846. The van der Waals surface area contributed by atoms with Gasteiger partial charge in [-0.2, -0.15) is 5.26 Å². The Labute approximate surface area is 140 Å². The number of amides is 2. The predicted octanol–water partition coefficient (Wildman–Crippen LogP) is 2.92. The fourth-order valence-corrected chi connectivity index (χ4v) is 1.92. The second-order valence-electron chi connectivity index (χ2n) is 5.26. The van der Waals surface area contributed by atoms with Gasteiger partial charge in [0.1, 0.15) is 5.75 Å². The Morgan fingerprint density at radius 3 is 2.25 bits per heavy atom. The van der Waals surface area contributed by atoms with Crippen LogP contribution in [0.15, 0.2) is 48.5 Å². The number of carbonyl (C=O) groups excluding carboxylic acids is 2. The van der Waals surface area contributed by atoms with E-state index in [1.807, 2.05) is 19.9 Å². The van der Waals surface area contributed by atoms with Gasteiger partial charge >= 0.3 is 11.8 Å². The molecule has 2 aromatic rings. The fourth-order valence-electron chi connectivity index (χ4n) is 1.92. The number of nitrogens with zero attached hydrogens (tertiary/aromatic N) is 1. The zero-order chi connectivity index (χ0) is 17.5. The molecule has 2 aromatic carbocycles. The van der Waals surface area contributed by atoms with Crippen LogP contribution in [0.3, 0.4) is 0 Å². The van der Waals surface area contributed by atoms with E-state index in [1.165, 1.54) is 0 Å². The summed E-state index contributed by atoms with van der Waals surface area (Å²) in [4.78, 5) is 24.0. The Morgan fingerprint density at radius 1 is 1.00 bits per heavy atom. The third-order valence-electron chi connectivity index (χ3n) is 2.98. The van der Waals surface area contributed by atoms with E-state index >= 15 is 0 Å². The maximum absolute atomic E-state index is 12.0. The number of nitriles is 1. The van der Waals surface area contributed by atoms with Gasteiger partial charge in [-0.3, -0.25) is 9.59 Å². The number of carbonyl (C=O) groups is 2. The van der Waals surface area contributed by atoms with Crippen LogP contribution in [-0.4, -0.2) is 17.9 Å². The minimum absolute atomic E-state index is 0.0597. The van der Waals surface area contributed by atoms with Crippen molar-refractivity contribution in [3.8, 4) is 11.8 Å². The average Bonchev–Trinajstić information content (AvgIpc) is 2.56. The summed E-state index contributed by atoms with van der Waals surface area (Å²) in [5.74, 6) is -1.12. The first-order chi connectivity index (χ1) is 11.5. The predicted molar refractivity (Wildman–Crippen MR) is 90.6 cm³/mol. The fraction of sp³-hybridized carbons (Fsp3) is 0.167. The highest BCUT2D eigenvalue weighted by Crippen LogP contribution is 2.24. The molecule has 0 fully saturated rings. The Bertz CT molecular complexity index is 777. The van der Waals surface area contributed by atoms with E-state index < -0.39 is 11.8 Å². The third-order valence-corrected chi connectivity index (χ3v) is 2.98. The zero-order valence-corrected chi connectivity index (χ0v) is 13.4. The molecular formula is C18H17N3O3. The van der Waals surface area contributed by atoms with Crippen molar-refractivity contribution in [2.75, 3.05) is 10.6 Å². The summed E-state index contributed by atoms with van der Waals surface area (Å²) in [6.07, 6.45) is -0.0597. The van der Waals surface area contributed by atoms with Crippen LogP contribution in [0.25, 0.3) is 0 Å². The number of ether oxygens (including phenoxy) is 1. The number of nitrogens with one attached hydrogen (secondary N) is 2. The van der Waals surface area contributed by atoms with Crippen molar-refractivity contribution in [1.82, 2.24) is 0 Å². The van der Waals surface area contributed by atoms with Crippen molar-refractivity contribution in [3.63, 3.8) is 0 Å². The van der Waals surface area contributed by atoms with Gasteiger partial charge in [-0.1, -0.05) is 12.1 Å². The molecule has 6 nitrogen and oxygen atoms in total. The van der Waals surface area contributed by atoms with Gasteiger partial charge < -0.3 is 15.4 Å². The van der Waals surface area contributed by atoms with Gasteiger partial charge in [0.05, 0.1) is 23.4 Å². The number of hydrogen-bond donors (Lipinski definition) is 2. The van der Waals surface area contributed by atoms with E-state index in [2.05, 4.69) is 10.6 Å². The summed E-state index contributed by atoms with van der Waals surface area (Å²) < 4.78 is 5.59. The van der Waals surface area contributed by atoms with Gasteiger partial charge in [0.25, 0.3) is 0 Å². The lowest BCUT2D eigenvalue weighted by Crippen LogP contribution is -2.29. The number of rotatable bonds is 4. The van der Waals surface area contributed by atoms with E-state index in [0.29, 0.717) is 22.7 Å². The van der Waals surface area contributed by atoms with Crippen molar-refractivity contribution in [3.05, 3.63) is 54.1 Å². The smallest absolute Gasteiger partial charge is 0.314 e. The Kier molecular flexibility index (Phi) is 5.53. The van der Waals surface area contributed by atoms with E-state index in [1.54, 1.807) is 48.5 Å². The number of para-hydroxylation sites is 2. The minimum atomic E-state index is -0.806. The second-order valence-corrected chi connectivity index (χ2v) is 5.26. The highest BCUT2D eigenvalue weighted by Gasteiger charge is 2.16. The summed E-state index contributed by atoms with van der Waals surface area (Å²) in [7, 11) is 0. The first kappa shape index (κ1) is 17.0. The number of anilines is 2. The molecule has 2 amide bonds. The van der Waals surface area contributed by atoms with E-state index in [0.717, 1.165) is 0 Å². The van der Waals surface area contributed by atoms with E-state index in [4.69, 9.17) is 10.00 Å². The molecule has 24 heavy (non-hydrogen) atoms. The van der Waals surface area contributed by atoms with Gasteiger partial charge in [0, 0.05) is 5.69 Å². The maximum atomic E-state index is 12.0. The van der Waals surface area contributed by atoms with Gasteiger partial charge in [0.2, 0.25) is 0 Å². The summed E-state index contributed by atoms with van der Waals surface area (Å²) in [6, 6.07) is 15.1. The normalized spacial score (nSPS) is 9.92. The molecule has 0 aliphatic carbocycles. The molecule has 0 spiro atoms. The van der Waals surface area contributed by atoms with Gasteiger partial charge in [-0.15, -0.1) is 0 Å². The molecule has 0 unspecified atom stereocenters. The largest absolute Gasteiger partial charge is 0.489 e. The van der Waals surface area contributed by atoms with Crippen molar-refractivity contribution >= 4 is 23.2 Å². The molecule has 0 radical (unpaired) electrons. The monoisotopic (exact) mass is 323 g/mol. The molecule has 0 aromatic heterocycles. The summed E-state index contributed by atoms with van der Waals surface area (Å²) in [6.45, 7) is 3.74. The minimum Gasteiger partial charge on any atom is -0.489 e. The molecule has 122 valence electrons. The third kappa shape index (κ3) is 4.58. The summed E-state index contributed by atoms with van der Waals surface area (Å²) >= 11 is 0. The second kappa shape index (κ2) is 7.79. The molecule has 0 aliphatic heterocycles. The van der Waals surface area contributed by atoms with E-state index in [9.17, 15) is 9.59 Å². The number of hydrogen-bond acceptors (Lipinski definition) is 4. The van der Waals surface area contributed by atoms with Crippen LogP contribution in [0.4, 0.5) is 11.4 Å². The summed E-state index contributed by atoms with van der Waals surface area (Å²) in [5.41, 5.74) is 1.32. The standard InChI is InChI=1S/C18H17N3O3/c1-12(2)24-16-6-4-3-5-15(16)21-18(23)17(22)20-14-9-7-13(11-19)8-10-14/h3-10,12H,1-2H3,(H,20,22)(H,21,23). The molecular weight excluding hydrogens is 306 g/mol. The summed E-state index contributed by atoms with van der Waals surface area (Å²) in [5, 5.41) is 13.7. The van der Waals surface area contributed by atoms with Gasteiger partial charge in [-0.25, -0.2) is 0 Å². The van der Waals surface area contributed by atoms with Gasteiger partial charge in [-0.05, 0) is 50.2 Å². The lowest BCUT2D eigenvalue weighted by molar-refractivity contribution is -0.133. The zero-order valence-electron chi connectivity index (χ0n) is 13.4. The lowest BCUT2D eigenvalue weighted by Gasteiger charge is -2.14. The van der Waals surface area contributed by atoms with Crippen LogP contribution in [0.1, 0.15) is 19.4 Å². The van der Waals surface area contributed by atoms with Crippen molar-refractivity contribution < 1.29 is 14.3 Å². The highest BCUT2D eigenvalue weighted by atomic mass is 16.5. The van der Waals surface area contributed by atoms with Crippen LogP contribution in [0.5, 0.6) is 5.75 Å². The van der Waals surface area contributed by atoms with Crippen molar-refractivity contribution in [2.24, 2.45) is 0 Å². The van der Waals surface area contributed by atoms with Crippen LogP contribution in [0.2, 0.25) is 0 Å². The average molecular weight is 323 g/mol. The SMILES string of the molecule is CC(C)Oc1ccccc1NC(=O)C(=O)Nc1ccc(C#N)cc1. The molecule has 0 saturated carbocycles.